The van der Waals surface area contributed by atoms with E-state index < -0.39 is 0 Å². The van der Waals surface area contributed by atoms with Gasteiger partial charge < -0.3 is 0 Å². The van der Waals surface area contributed by atoms with E-state index in [9.17, 15) is 0 Å². The Balaban J connectivity index is 2.75. The van der Waals surface area contributed by atoms with Crippen LogP contribution in [0.2, 0.25) is 0 Å². The minimum absolute atomic E-state index is 0.516. The van der Waals surface area contributed by atoms with Gasteiger partial charge in [0, 0.05) is 6.20 Å². The Morgan fingerprint density at radius 1 is 1.70 bits per heavy atom. The largest absolute Gasteiger partial charge is 0.257 e. The minimum atomic E-state index is 0.516. The maximum absolute atomic E-state index is 4.13. The van der Waals surface area contributed by atoms with Crippen molar-refractivity contribution in [2.75, 3.05) is 0 Å². The SMILES string of the molecule is CCC(C)c1cn[c]cn1. The first-order valence-corrected chi connectivity index (χ1v) is 3.52. The summed E-state index contributed by atoms with van der Waals surface area (Å²) in [6.07, 6.45) is 7.15. The molecule has 0 spiro atoms. The number of hydrogen-bond donors (Lipinski definition) is 0. The van der Waals surface area contributed by atoms with Crippen LogP contribution in [0.5, 0.6) is 0 Å². The predicted octanol–water partition coefficient (Wildman–Crippen LogP) is 1.79. The summed E-state index contributed by atoms with van der Waals surface area (Å²) in [7, 11) is 0. The zero-order chi connectivity index (χ0) is 7.40. The van der Waals surface area contributed by atoms with Crippen molar-refractivity contribution in [1.29, 1.82) is 0 Å². The first-order chi connectivity index (χ1) is 4.84. The normalized spacial score (nSPS) is 13.0. The summed E-state index contributed by atoms with van der Waals surface area (Å²) >= 11 is 0. The van der Waals surface area contributed by atoms with E-state index in [1.807, 2.05) is 0 Å². The molecule has 1 atom stereocenters. The molecule has 0 aliphatic heterocycles. The summed E-state index contributed by atoms with van der Waals surface area (Å²) in [6.45, 7) is 4.28. The Kier molecular flexibility index (Phi) is 2.37. The van der Waals surface area contributed by atoms with E-state index >= 15 is 0 Å². The van der Waals surface area contributed by atoms with Crippen LogP contribution in [-0.4, -0.2) is 9.97 Å². The van der Waals surface area contributed by atoms with E-state index in [1.165, 1.54) is 0 Å². The molecule has 1 aromatic rings. The fraction of sp³-hybridized carbons (Fsp3) is 0.500. The smallest absolute Gasteiger partial charge is 0.108 e. The fourth-order valence-electron chi connectivity index (χ4n) is 0.737. The van der Waals surface area contributed by atoms with Gasteiger partial charge in [0.2, 0.25) is 0 Å². The maximum Gasteiger partial charge on any atom is 0.108 e. The second-order valence-corrected chi connectivity index (χ2v) is 2.38. The molecule has 0 aliphatic carbocycles. The molecular weight excluding hydrogens is 124 g/mol. The highest BCUT2D eigenvalue weighted by molar-refractivity contribution is 5.00. The van der Waals surface area contributed by atoms with Crippen LogP contribution < -0.4 is 0 Å². The number of aromatic nitrogens is 2. The highest BCUT2D eigenvalue weighted by Crippen LogP contribution is 2.13. The summed E-state index contributed by atoms with van der Waals surface area (Å²) in [5.41, 5.74) is 1.06. The van der Waals surface area contributed by atoms with Crippen LogP contribution in [0.1, 0.15) is 31.9 Å². The van der Waals surface area contributed by atoms with Gasteiger partial charge in [-0.2, -0.15) is 0 Å². The molecule has 1 aromatic heterocycles. The molecule has 0 N–H and O–H groups in total. The van der Waals surface area contributed by atoms with Crippen molar-refractivity contribution in [2.45, 2.75) is 26.2 Å². The van der Waals surface area contributed by atoms with Crippen molar-refractivity contribution < 1.29 is 0 Å². The zero-order valence-electron chi connectivity index (χ0n) is 6.33. The monoisotopic (exact) mass is 135 g/mol. The van der Waals surface area contributed by atoms with Gasteiger partial charge in [0.15, 0.2) is 0 Å². The van der Waals surface area contributed by atoms with Gasteiger partial charge in [-0.05, 0) is 12.3 Å². The summed E-state index contributed by atoms with van der Waals surface area (Å²) in [5.74, 6) is 0.516. The first kappa shape index (κ1) is 7.19. The van der Waals surface area contributed by atoms with Crippen LogP contribution >= 0.6 is 0 Å². The topological polar surface area (TPSA) is 25.8 Å². The number of hydrogen-bond acceptors (Lipinski definition) is 2. The lowest BCUT2D eigenvalue weighted by molar-refractivity contribution is 0.702. The van der Waals surface area contributed by atoms with Gasteiger partial charge in [-0.1, -0.05) is 13.8 Å². The van der Waals surface area contributed by atoms with Gasteiger partial charge in [0.1, 0.15) is 6.20 Å². The van der Waals surface area contributed by atoms with Gasteiger partial charge in [0.25, 0.3) is 0 Å². The number of rotatable bonds is 2. The highest BCUT2D eigenvalue weighted by Gasteiger charge is 2.01. The van der Waals surface area contributed by atoms with Gasteiger partial charge >= 0.3 is 0 Å². The van der Waals surface area contributed by atoms with E-state index in [-0.39, 0.29) is 0 Å². The first-order valence-electron chi connectivity index (χ1n) is 3.52. The highest BCUT2D eigenvalue weighted by atomic mass is 14.8. The van der Waals surface area contributed by atoms with Crippen LogP contribution in [0.4, 0.5) is 0 Å². The minimum Gasteiger partial charge on any atom is -0.257 e. The molecule has 0 bridgehead atoms. The van der Waals surface area contributed by atoms with E-state index in [1.54, 1.807) is 12.4 Å². The molecule has 10 heavy (non-hydrogen) atoms. The van der Waals surface area contributed by atoms with Gasteiger partial charge in [-0.3, -0.25) is 9.97 Å². The van der Waals surface area contributed by atoms with Gasteiger partial charge in [0.05, 0.1) is 11.9 Å². The summed E-state index contributed by atoms with van der Waals surface area (Å²) in [6, 6.07) is 0. The van der Waals surface area contributed by atoms with Crippen molar-refractivity contribution in [2.24, 2.45) is 0 Å². The lowest BCUT2D eigenvalue weighted by Gasteiger charge is -2.04. The van der Waals surface area contributed by atoms with Crippen LogP contribution in [0.3, 0.4) is 0 Å². The van der Waals surface area contributed by atoms with E-state index in [2.05, 4.69) is 30.0 Å². The van der Waals surface area contributed by atoms with Crippen molar-refractivity contribution in [3.8, 4) is 0 Å². The fourth-order valence-corrected chi connectivity index (χ4v) is 0.737. The molecule has 0 amide bonds. The van der Waals surface area contributed by atoms with E-state index in [0.29, 0.717) is 5.92 Å². The molecule has 1 unspecified atom stereocenters. The Hall–Kier alpha value is -0.920. The predicted molar refractivity (Wildman–Crippen MR) is 39.6 cm³/mol. The van der Waals surface area contributed by atoms with E-state index in [0.717, 1.165) is 12.1 Å². The molecule has 0 saturated heterocycles. The lowest BCUT2D eigenvalue weighted by atomic mass is 10.1. The van der Waals surface area contributed by atoms with Gasteiger partial charge in [-0.15, -0.1) is 0 Å². The van der Waals surface area contributed by atoms with Crippen LogP contribution in [-0.2, 0) is 0 Å². The van der Waals surface area contributed by atoms with Crippen LogP contribution in [0.25, 0.3) is 0 Å². The number of nitrogens with zero attached hydrogens (tertiary/aromatic N) is 2. The average molecular weight is 135 g/mol. The molecule has 1 radical (unpaired) electrons. The van der Waals surface area contributed by atoms with Crippen LogP contribution in [0.15, 0.2) is 12.4 Å². The third-order valence-electron chi connectivity index (χ3n) is 1.66. The Morgan fingerprint density at radius 2 is 2.50 bits per heavy atom. The Morgan fingerprint density at radius 3 is 3.00 bits per heavy atom. The van der Waals surface area contributed by atoms with Crippen molar-refractivity contribution in [1.82, 2.24) is 9.97 Å². The Bertz CT molecular complexity index is 184. The molecule has 0 aliphatic rings. The summed E-state index contributed by atoms with van der Waals surface area (Å²) in [5, 5.41) is 0. The quantitative estimate of drug-likeness (QED) is 0.617. The molecule has 53 valence electrons. The lowest BCUT2D eigenvalue weighted by Crippen LogP contribution is -1.94. The third kappa shape index (κ3) is 1.53. The molecule has 1 rings (SSSR count). The second kappa shape index (κ2) is 3.30. The maximum atomic E-state index is 4.13. The van der Waals surface area contributed by atoms with Gasteiger partial charge in [-0.25, -0.2) is 0 Å². The molecule has 2 heteroatoms. The molecule has 0 aromatic carbocycles. The molecule has 0 saturated carbocycles. The van der Waals surface area contributed by atoms with Crippen molar-refractivity contribution in [3.05, 3.63) is 24.3 Å². The zero-order valence-corrected chi connectivity index (χ0v) is 6.33. The average Bonchev–Trinajstić information content (AvgIpc) is 2.05. The third-order valence-corrected chi connectivity index (χ3v) is 1.66. The second-order valence-electron chi connectivity index (χ2n) is 2.38. The molecule has 1 heterocycles. The molecule has 0 fully saturated rings. The summed E-state index contributed by atoms with van der Waals surface area (Å²) < 4.78 is 0. The summed E-state index contributed by atoms with van der Waals surface area (Å²) in [4.78, 5) is 8.00. The Labute approximate surface area is 61.3 Å². The van der Waals surface area contributed by atoms with Crippen molar-refractivity contribution >= 4 is 0 Å². The van der Waals surface area contributed by atoms with E-state index in [4.69, 9.17) is 0 Å². The molecule has 2 nitrogen and oxygen atoms in total. The molecular formula is C8H11N2. The standard InChI is InChI=1S/C8H11N2/c1-3-7(2)8-6-9-4-5-10-8/h5-7H,3H2,1-2H3. The van der Waals surface area contributed by atoms with Crippen LogP contribution in [0, 0.1) is 6.20 Å². The van der Waals surface area contributed by atoms with Crippen molar-refractivity contribution in [3.63, 3.8) is 0 Å².